The maximum absolute atomic E-state index is 6.22. The maximum Gasteiger partial charge on any atom is 0.104 e. The minimum atomic E-state index is 0.363. The third kappa shape index (κ3) is 3.59. The molecular formula is C14H19ClN2OS. The largest absolute Gasteiger partial charge is 0.389 e. The zero-order chi connectivity index (χ0) is 13.8. The van der Waals surface area contributed by atoms with Crippen LogP contribution in [0.5, 0.6) is 0 Å². The lowest BCUT2D eigenvalue weighted by Crippen LogP contribution is -2.23. The fraction of sp³-hybridized carbons (Fsp3) is 0.500. The van der Waals surface area contributed by atoms with E-state index in [9.17, 15) is 0 Å². The molecule has 3 N–H and O–H groups in total. The fourth-order valence-corrected chi connectivity index (χ4v) is 2.80. The summed E-state index contributed by atoms with van der Waals surface area (Å²) in [6, 6.07) is 5.61. The molecule has 0 spiro atoms. The highest BCUT2D eigenvalue weighted by Crippen LogP contribution is 2.27. The van der Waals surface area contributed by atoms with E-state index < -0.39 is 0 Å². The predicted molar refractivity (Wildman–Crippen MR) is 84.0 cm³/mol. The van der Waals surface area contributed by atoms with Gasteiger partial charge in [0, 0.05) is 24.6 Å². The molecule has 1 aliphatic heterocycles. The summed E-state index contributed by atoms with van der Waals surface area (Å²) in [6.45, 7) is 3.90. The summed E-state index contributed by atoms with van der Waals surface area (Å²) in [6.07, 6.45) is 2.52. The normalized spacial score (nSPS) is 22.4. The van der Waals surface area contributed by atoms with E-state index in [1.165, 1.54) is 0 Å². The van der Waals surface area contributed by atoms with E-state index in [0.29, 0.717) is 22.0 Å². The Hall–Kier alpha value is -0.840. The number of hydrogen-bond donors (Lipinski definition) is 2. The summed E-state index contributed by atoms with van der Waals surface area (Å²) < 4.78 is 5.68. The van der Waals surface area contributed by atoms with Gasteiger partial charge in [-0.3, -0.25) is 0 Å². The number of anilines is 1. The molecule has 0 aromatic heterocycles. The van der Waals surface area contributed by atoms with Crippen molar-refractivity contribution in [2.75, 3.05) is 18.5 Å². The Kier molecular flexibility index (Phi) is 5.02. The van der Waals surface area contributed by atoms with Gasteiger partial charge in [-0.1, -0.05) is 30.7 Å². The molecule has 5 heteroatoms. The van der Waals surface area contributed by atoms with Crippen molar-refractivity contribution in [3.63, 3.8) is 0 Å². The van der Waals surface area contributed by atoms with Crippen molar-refractivity contribution in [3.05, 3.63) is 28.8 Å². The highest BCUT2D eigenvalue weighted by atomic mass is 35.5. The van der Waals surface area contributed by atoms with Gasteiger partial charge in [-0.15, -0.1) is 0 Å². The highest BCUT2D eigenvalue weighted by Gasteiger charge is 2.26. The summed E-state index contributed by atoms with van der Waals surface area (Å²) in [7, 11) is 0. The zero-order valence-corrected chi connectivity index (χ0v) is 12.6. The molecule has 1 aromatic carbocycles. The lowest BCUT2D eigenvalue weighted by atomic mass is 9.99. The monoisotopic (exact) mass is 298 g/mol. The lowest BCUT2D eigenvalue weighted by molar-refractivity contribution is 0.0900. The molecule has 1 heterocycles. The van der Waals surface area contributed by atoms with Crippen LogP contribution in [0.1, 0.15) is 25.3 Å². The van der Waals surface area contributed by atoms with Crippen molar-refractivity contribution in [1.82, 2.24) is 0 Å². The molecule has 2 unspecified atom stereocenters. The summed E-state index contributed by atoms with van der Waals surface area (Å²) in [5.74, 6) is 0.552. The second-order valence-corrected chi connectivity index (χ2v) is 5.65. The third-order valence-corrected chi connectivity index (χ3v) is 4.11. The van der Waals surface area contributed by atoms with Gasteiger partial charge in [0.15, 0.2) is 0 Å². The summed E-state index contributed by atoms with van der Waals surface area (Å²) in [4.78, 5) is 0.365. The van der Waals surface area contributed by atoms with Gasteiger partial charge in [0.1, 0.15) is 4.99 Å². The number of benzene rings is 1. The molecule has 104 valence electrons. The van der Waals surface area contributed by atoms with Crippen molar-refractivity contribution >= 4 is 34.5 Å². The molecule has 1 fully saturated rings. The average molecular weight is 299 g/mol. The average Bonchev–Trinajstić information content (AvgIpc) is 2.84. The Balaban J connectivity index is 1.98. The number of thiocarbonyl (C=S) groups is 1. The van der Waals surface area contributed by atoms with Crippen LogP contribution in [-0.2, 0) is 4.74 Å². The van der Waals surface area contributed by atoms with Gasteiger partial charge >= 0.3 is 0 Å². The molecule has 0 bridgehead atoms. The van der Waals surface area contributed by atoms with Gasteiger partial charge in [0.2, 0.25) is 0 Å². The van der Waals surface area contributed by atoms with Crippen LogP contribution >= 0.6 is 23.8 Å². The third-order valence-electron chi connectivity index (χ3n) is 3.56. The standard InChI is InChI=1S/C14H19ClN2OS/c1-2-13-10(5-6-18-13)8-17-12-4-3-9(14(16)19)7-11(12)15/h3-4,7,10,13,17H,2,5-6,8H2,1H3,(H2,16,19). The number of hydrogen-bond acceptors (Lipinski definition) is 3. The first-order valence-corrected chi connectivity index (χ1v) is 7.35. The van der Waals surface area contributed by atoms with Crippen molar-refractivity contribution < 1.29 is 4.74 Å². The quantitative estimate of drug-likeness (QED) is 0.820. The summed E-state index contributed by atoms with van der Waals surface area (Å²) in [5.41, 5.74) is 7.29. The van der Waals surface area contributed by atoms with E-state index in [1.54, 1.807) is 6.07 Å². The molecule has 0 radical (unpaired) electrons. The van der Waals surface area contributed by atoms with E-state index >= 15 is 0 Å². The Labute approximate surface area is 124 Å². The van der Waals surface area contributed by atoms with Crippen LogP contribution in [0, 0.1) is 5.92 Å². The molecule has 1 saturated heterocycles. The molecule has 19 heavy (non-hydrogen) atoms. The van der Waals surface area contributed by atoms with E-state index in [1.807, 2.05) is 12.1 Å². The van der Waals surface area contributed by atoms with Crippen molar-refractivity contribution in [3.8, 4) is 0 Å². The zero-order valence-electron chi connectivity index (χ0n) is 11.0. The molecule has 0 aliphatic carbocycles. The van der Waals surface area contributed by atoms with E-state index in [2.05, 4.69) is 12.2 Å². The van der Waals surface area contributed by atoms with E-state index in [-0.39, 0.29) is 0 Å². The summed E-state index contributed by atoms with van der Waals surface area (Å²) >= 11 is 11.2. The van der Waals surface area contributed by atoms with Gasteiger partial charge in [0.05, 0.1) is 16.8 Å². The molecule has 3 nitrogen and oxygen atoms in total. The van der Waals surface area contributed by atoms with E-state index in [0.717, 1.165) is 37.2 Å². The fourth-order valence-electron chi connectivity index (χ4n) is 2.43. The van der Waals surface area contributed by atoms with Crippen LogP contribution in [0.2, 0.25) is 5.02 Å². The molecule has 0 amide bonds. The minimum absolute atomic E-state index is 0.363. The van der Waals surface area contributed by atoms with Crippen LogP contribution < -0.4 is 11.1 Å². The topological polar surface area (TPSA) is 47.3 Å². The Morgan fingerprint density at radius 2 is 2.37 bits per heavy atom. The molecule has 1 aromatic rings. The van der Waals surface area contributed by atoms with Crippen molar-refractivity contribution in [2.24, 2.45) is 11.7 Å². The maximum atomic E-state index is 6.22. The highest BCUT2D eigenvalue weighted by molar-refractivity contribution is 7.80. The van der Waals surface area contributed by atoms with Crippen molar-refractivity contribution in [1.29, 1.82) is 0 Å². The molecule has 1 aliphatic rings. The first-order valence-electron chi connectivity index (χ1n) is 6.56. The predicted octanol–water partition coefficient (Wildman–Crippen LogP) is 3.20. The number of halogens is 1. The van der Waals surface area contributed by atoms with Crippen LogP contribution in [0.4, 0.5) is 5.69 Å². The molecule has 2 atom stereocenters. The van der Waals surface area contributed by atoms with Gasteiger partial charge in [-0.2, -0.15) is 0 Å². The van der Waals surface area contributed by atoms with Gasteiger partial charge in [0.25, 0.3) is 0 Å². The van der Waals surface area contributed by atoms with Crippen LogP contribution in [-0.4, -0.2) is 24.2 Å². The van der Waals surface area contributed by atoms with Gasteiger partial charge in [-0.05, 0) is 31.0 Å². The first kappa shape index (κ1) is 14.6. The molecule has 0 saturated carbocycles. The van der Waals surface area contributed by atoms with Gasteiger partial charge in [-0.25, -0.2) is 0 Å². The molecule has 2 rings (SSSR count). The van der Waals surface area contributed by atoms with Crippen LogP contribution in [0.3, 0.4) is 0 Å². The number of nitrogens with one attached hydrogen (secondary N) is 1. The van der Waals surface area contributed by atoms with Gasteiger partial charge < -0.3 is 15.8 Å². The van der Waals surface area contributed by atoms with Crippen LogP contribution in [0.15, 0.2) is 18.2 Å². The second kappa shape index (κ2) is 6.55. The van der Waals surface area contributed by atoms with Crippen LogP contribution in [0.25, 0.3) is 0 Å². The SMILES string of the molecule is CCC1OCCC1CNc1ccc(C(N)=S)cc1Cl. The molecular weight excluding hydrogens is 280 g/mol. The Morgan fingerprint density at radius 3 is 3.00 bits per heavy atom. The Morgan fingerprint density at radius 1 is 1.58 bits per heavy atom. The number of rotatable bonds is 5. The second-order valence-electron chi connectivity index (χ2n) is 4.81. The smallest absolute Gasteiger partial charge is 0.104 e. The number of ether oxygens (including phenoxy) is 1. The Bertz CT molecular complexity index is 467. The lowest BCUT2D eigenvalue weighted by Gasteiger charge is -2.18. The van der Waals surface area contributed by atoms with E-state index in [4.69, 9.17) is 34.3 Å². The minimum Gasteiger partial charge on any atom is -0.389 e. The van der Waals surface area contributed by atoms with Crippen molar-refractivity contribution in [2.45, 2.75) is 25.9 Å². The summed E-state index contributed by atoms with van der Waals surface area (Å²) in [5, 5.41) is 4.04. The first-order chi connectivity index (χ1) is 9.11. The number of nitrogens with two attached hydrogens (primary N) is 1.